The predicted octanol–water partition coefficient (Wildman–Crippen LogP) is 4.08. The topological polar surface area (TPSA) is 88.2 Å². The van der Waals surface area contributed by atoms with Crippen LogP contribution in [0.25, 0.3) is 11.3 Å². The maximum Gasteiger partial charge on any atom is 0.240 e. The van der Waals surface area contributed by atoms with E-state index in [9.17, 15) is 17.6 Å². The fraction of sp³-hybridized carbons (Fsp3) is 0.158. The molecular weight excluding hydrogens is 437 g/mol. The minimum absolute atomic E-state index is 0.00891. The Kier molecular flexibility index (Phi) is 6.63. The first-order valence-corrected chi connectivity index (χ1v) is 11.3. The van der Waals surface area contributed by atoms with E-state index in [0.29, 0.717) is 22.8 Å². The Hall–Kier alpha value is -2.33. The van der Waals surface area contributed by atoms with Crippen LogP contribution < -0.4 is 10.0 Å². The Morgan fingerprint density at radius 2 is 1.93 bits per heavy atom. The number of anilines is 1. The number of hydrogen-bond donors (Lipinski definition) is 2. The second-order valence-corrected chi connectivity index (χ2v) is 9.22. The van der Waals surface area contributed by atoms with Crippen LogP contribution in [-0.4, -0.2) is 26.4 Å². The number of rotatable bonds is 7. The molecule has 0 saturated heterocycles. The molecular formula is C19H17ClFN3O3S2. The van der Waals surface area contributed by atoms with Crippen LogP contribution in [0.4, 0.5) is 9.52 Å². The number of carbonyl (C=O) groups is 1. The molecule has 1 amide bonds. The van der Waals surface area contributed by atoms with E-state index in [1.807, 2.05) is 0 Å². The second kappa shape index (κ2) is 9.00. The summed E-state index contributed by atoms with van der Waals surface area (Å²) < 4.78 is 39.0. The van der Waals surface area contributed by atoms with Gasteiger partial charge >= 0.3 is 0 Å². The molecule has 0 aliphatic carbocycles. The quantitative estimate of drug-likeness (QED) is 0.564. The first-order chi connectivity index (χ1) is 13.8. The molecule has 2 N–H and O–H groups in total. The molecule has 6 nitrogen and oxygen atoms in total. The van der Waals surface area contributed by atoms with Gasteiger partial charge in [-0.2, -0.15) is 0 Å². The second-order valence-electron chi connectivity index (χ2n) is 6.07. The van der Waals surface area contributed by atoms with Crippen LogP contribution in [-0.2, 0) is 21.2 Å². The van der Waals surface area contributed by atoms with Crippen molar-refractivity contribution in [3.63, 3.8) is 0 Å². The third-order valence-corrected chi connectivity index (χ3v) is 6.59. The highest BCUT2D eigenvalue weighted by molar-refractivity contribution is 7.89. The molecule has 0 aliphatic heterocycles. The van der Waals surface area contributed by atoms with Crippen molar-refractivity contribution >= 4 is 44.0 Å². The van der Waals surface area contributed by atoms with Crippen molar-refractivity contribution in [1.29, 1.82) is 0 Å². The van der Waals surface area contributed by atoms with Gasteiger partial charge in [0.15, 0.2) is 5.13 Å². The normalized spacial score (nSPS) is 11.4. The molecule has 3 rings (SSSR count). The lowest BCUT2D eigenvalue weighted by Gasteiger charge is -2.05. The molecule has 152 valence electrons. The van der Waals surface area contributed by atoms with Gasteiger partial charge < -0.3 is 5.32 Å². The van der Waals surface area contributed by atoms with Crippen LogP contribution in [0.15, 0.2) is 52.7 Å². The lowest BCUT2D eigenvalue weighted by Crippen LogP contribution is -2.18. The Morgan fingerprint density at radius 3 is 2.59 bits per heavy atom. The van der Waals surface area contributed by atoms with Gasteiger partial charge in [-0.15, -0.1) is 11.3 Å². The lowest BCUT2D eigenvalue weighted by molar-refractivity contribution is -0.116. The number of hydrogen-bond acceptors (Lipinski definition) is 5. The molecule has 0 atom stereocenters. The van der Waals surface area contributed by atoms with E-state index >= 15 is 0 Å². The van der Waals surface area contributed by atoms with E-state index in [1.54, 1.807) is 23.6 Å². The predicted molar refractivity (Wildman–Crippen MR) is 112 cm³/mol. The number of sulfonamides is 1. The first-order valence-electron chi connectivity index (χ1n) is 8.52. The van der Waals surface area contributed by atoms with Crippen LogP contribution >= 0.6 is 22.9 Å². The molecule has 0 aliphatic rings. The van der Waals surface area contributed by atoms with Crippen LogP contribution in [0, 0.1) is 5.82 Å². The number of nitrogens with zero attached hydrogens (tertiary/aromatic N) is 1. The first kappa shape index (κ1) is 21.4. The maximum absolute atomic E-state index is 13.3. The number of carbonyl (C=O) groups excluding carboxylic acids is 1. The molecule has 0 saturated carbocycles. The Balaban J connectivity index is 1.57. The molecule has 3 aromatic rings. The van der Waals surface area contributed by atoms with Gasteiger partial charge in [-0.3, -0.25) is 4.79 Å². The molecule has 1 heterocycles. The highest BCUT2D eigenvalue weighted by atomic mass is 35.5. The van der Waals surface area contributed by atoms with Crippen molar-refractivity contribution in [3.05, 3.63) is 64.2 Å². The number of aryl methyl sites for hydroxylation is 1. The molecule has 0 bridgehead atoms. The zero-order valence-corrected chi connectivity index (χ0v) is 17.7. The van der Waals surface area contributed by atoms with Gasteiger partial charge in [-0.05, 0) is 49.4 Å². The Morgan fingerprint density at radius 1 is 1.21 bits per heavy atom. The van der Waals surface area contributed by atoms with Crippen molar-refractivity contribution in [2.45, 2.75) is 17.7 Å². The van der Waals surface area contributed by atoms with E-state index in [0.717, 1.165) is 5.56 Å². The minimum atomic E-state index is -3.48. The zero-order valence-electron chi connectivity index (χ0n) is 15.3. The monoisotopic (exact) mass is 453 g/mol. The summed E-state index contributed by atoms with van der Waals surface area (Å²) in [7, 11) is -2.13. The largest absolute Gasteiger partial charge is 0.302 e. The zero-order chi connectivity index (χ0) is 21.0. The van der Waals surface area contributed by atoms with Gasteiger partial charge in [0, 0.05) is 17.4 Å². The molecule has 2 aromatic carbocycles. The highest BCUT2D eigenvalue weighted by Crippen LogP contribution is 2.28. The van der Waals surface area contributed by atoms with Gasteiger partial charge in [-0.25, -0.2) is 22.5 Å². The van der Waals surface area contributed by atoms with Crippen LogP contribution in [0.1, 0.15) is 12.0 Å². The Bertz CT molecular complexity index is 1130. The summed E-state index contributed by atoms with van der Waals surface area (Å²) >= 11 is 7.05. The van der Waals surface area contributed by atoms with Crippen molar-refractivity contribution in [2.75, 3.05) is 12.4 Å². The van der Waals surface area contributed by atoms with Gasteiger partial charge in [0.05, 0.1) is 15.6 Å². The number of benzene rings is 2. The molecule has 0 radical (unpaired) electrons. The molecule has 0 fully saturated rings. The maximum atomic E-state index is 13.3. The Labute approximate surface area is 176 Å². The van der Waals surface area contributed by atoms with E-state index in [-0.39, 0.29) is 22.2 Å². The molecule has 1 aromatic heterocycles. The van der Waals surface area contributed by atoms with Gasteiger partial charge in [0.25, 0.3) is 0 Å². The summed E-state index contributed by atoms with van der Waals surface area (Å²) in [6.45, 7) is 0. The van der Waals surface area contributed by atoms with E-state index < -0.39 is 15.8 Å². The molecule has 0 spiro atoms. The summed E-state index contributed by atoms with van der Waals surface area (Å²) in [5.74, 6) is -0.717. The molecule has 10 heteroatoms. The molecule has 29 heavy (non-hydrogen) atoms. The van der Waals surface area contributed by atoms with Crippen molar-refractivity contribution in [1.82, 2.24) is 9.71 Å². The molecule has 0 unspecified atom stereocenters. The summed E-state index contributed by atoms with van der Waals surface area (Å²) in [5, 5.41) is 4.92. The third kappa shape index (κ3) is 5.39. The van der Waals surface area contributed by atoms with E-state index in [1.165, 1.54) is 42.6 Å². The summed E-state index contributed by atoms with van der Waals surface area (Å²) in [6, 6.07) is 10.7. The van der Waals surface area contributed by atoms with Crippen LogP contribution in [0.2, 0.25) is 5.02 Å². The minimum Gasteiger partial charge on any atom is -0.302 e. The fourth-order valence-corrected chi connectivity index (χ4v) is 4.16. The number of thiazole rings is 1. The summed E-state index contributed by atoms with van der Waals surface area (Å²) in [6.07, 6.45) is 0.674. The van der Waals surface area contributed by atoms with Crippen molar-refractivity contribution in [2.24, 2.45) is 0 Å². The van der Waals surface area contributed by atoms with Gasteiger partial charge in [0.1, 0.15) is 5.82 Å². The number of amides is 1. The standard InChI is InChI=1S/C19H17ClFN3O3S2/c1-22-29(26,27)14-6-2-12(3-7-14)4-9-18(25)24-19-23-17(11-28-19)13-5-8-16(21)15(20)10-13/h2-3,5-8,10-11,22H,4,9H2,1H3,(H,23,24,25). The van der Waals surface area contributed by atoms with E-state index in [2.05, 4.69) is 15.0 Å². The number of nitrogens with one attached hydrogen (secondary N) is 2. The van der Waals surface area contributed by atoms with Gasteiger partial charge in [0.2, 0.25) is 15.9 Å². The fourth-order valence-electron chi connectivity index (χ4n) is 2.51. The van der Waals surface area contributed by atoms with Gasteiger partial charge in [-0.1, -0.05) is 23.7 Å². The SMILES string of the molecule is CNS(=O)(=O)c1ccc(CCC(=O)Nc2nc(-c3ccc(F)c(Cl)c3)cs2)cc1. The average molecular weight is 454 g/mol. The number of halogens is 2. The summed E-state index contributed by atoms with van der Waals surface area (Å²) in [4.78, 5) is 16.7. The summed E-state index contributed by atoms with van der Waals surface area (Å²) in [5.41, 5.74) is 2.09. The lowest BCUT2D eigenvalue weighted by atomic mass is 10.1. The third-order valence-electron chi connectivity index (χ3n) is 4.11. The smallest absolute Gasteiger partial charge is 0.240 e. The van der Waals surface area contributed by atoms with Crippen molar-refractivity contribution in [3.8, 4) is 11.3 Å². The van der Waals surface area contributed by atoms with Crippen LogP contribution in [0.5, 0.6) is 0 Å². The van der Waals surface area contributed by atoms with Crippen LogP contribution in [0.3, 0.4) is 0 Å². The van der Waals surface area contributed by atoms with E-state index in [4.69, 9.17) is 11.6 Å². The average Bonchev–Trinajstić information content (AvgIpc) is 3.17. The highest BCUT2D eigenvalue weighted by Gasteiger charge is 2.12. The van der Waals surface area contributed by atoms with Crippen molar-refractivity contribution < 1.29 is 17.6 Å². The number of aromatic nitrogens is 1.